The van der Waals surface area contributed by atoms with Crippen molar-refractivity contribution in [1.29, 1.82) is 0 Å². The molecule has 3 atom stereocenters. The van der Waals surface area contributed by atoms with E-state index in [1.165, 1.54) is 0 Å². The topological polar surface area (TPSA) is 66.6 Å². The van der Waals surface area contributed by atoms with Gasteiger partial charge in [0.15, 0.2) is 0 Å². The van der Waals surface area contributed by atoms with Crippen LogP contribution >= 0.6 is 12.6 Å². The lowest BCUT2D eigenvalue weighted by Crippen LogP contribution is -2.46. The van der Waals surface area contributed by atoms with Crippen molar-refractivity contribution < 1.29 is 9.90 Å². The lowest BCUT2D eigenvalue weighted by Gasteiger charge is -2.26. The lowest BCUT2D eigenvalue weighted by atomic mass is 9.97. The first-order valence-corrected chi connectivity index (χ1v) is 6.06. The number of hydrogen-bond donors (Lipinski definition) is 3. The van der Waals surface area contributed by atoms with Crippen LogP contribution < -0.4 is 5.73 Å². The van der Waals surface area contributed by atoms with Crippen LogP contribution in [0.15, 0.2) is 0 Å². The fraction of sp³-hybridized carbons (Fsp3) is 0.900. The number of nitrogens with two attached hydrogens (primary N) is 1. The summed E-state index contributed by atoms with van der Waals surface area (Å²) in [6.45, 7) is 3.52. The minimum atomic E-state index is -0.717. The second kappa shape index (κ2) is 5.72. The number of thiol groups is 1. The van der Waals surface area contributed by atoms with Gasteiger partial charge < -0.3 is 10.8 Å². The summed E-state index contributed by atoms with van der Waals surface area (Å²) in [7, 11) is 0. The highest BCUT2D eigenvalue weighted by molar-refractivity contribution is 7.80. The van der Waals surface area contributed by atoms with Crippen molar-refractivity contribution in [2.75, 3.05) is 18.8 Å². The summed E-state index contributed by atoms with van der Waals surface area (Å²) in [6.07, 6.45) is 1.89. The van der Waals surface area contributed by atoms with Crippen LogP contribution in [0.5, 0.6) is 0 Å². The van der Waals surface area contributed by atoms with Gasteiger partial charge in [-0.25, -0.2) is 0 Å². The average Bonchev–Trinajstić information content (AvgIpc) is 2.60. The van der Waals surface area contributed by atoms with Gasteiger partial charge in [0.1, 0.15) is 6.04 Å². The monoisotopic (exact) mass is 232 g/mol. The number of aliphatic carboxylic acids is 1. The largest absolute Gasteiger partial charge is 0.480 e. The van der Waals surface area contributed by atoms with Crippen molar-refractivity contribution in [3.05, 3.63) is 0 Å². The molecule has 0 unspecified atom stereocenters. The molecule has 0 bridgehead atoms. The van der Waals surface area contributed by atoms with Crippen LogP contribution in [0, 0.1) is 5.92 Å². The summed E-state index contributed by atoms with van der Waals surface area (Å²) in [4.78, 5) is 13.1. The number of hydrogen-bond acceptors (Lipinski definition) is 4. The van der Waals surface area contributed by atoms with Gasteiger partial charge in [-0.05, 0) is 18.9 Å². The van der Waals surface area contributed by atoms with Crippen molar-refractivity contribution in [3.63, 3.8) is 0 Å². The van der Waals surface area contributed by atoms with Crippen LogP contribution in [0.1, 0.15) is 19.8 Å². The van der Waals surface area contributed by atoms with Crippen LogP contribution in [0.25, 0.3) is 0 Å². The minimum absolute atomic E-state index is 0.0363. The number of rotatable bonds is 5. The average molecular weight is 232 g/mol. The van der Waals surface area contributed by atoms with Gasteiger partial charge in [0.2, 0.25) is 0 Å². The molecule has 3 N–H and O–H groups in total. The standard InChI is InChI=1S/C10H20N2O2S/c1-2-7-3-4-12(5-8(11)6-15)9(7)10(13)14/h7-9,15H,2-6,11H2,1H3,(H,13,14)/t7-,8-,9+/m1/s1. The molecule has 0 radical (unpaired) electrons. The van der Waals surface area contributed by atoms with Gasteiger partial charge >= 0.3 is 5.97 Å². The molecule has 0 aliphatic carbocycles. The maximum Gasteiger partial charge on any atom is 0.321 e. The van der Waals surface area contributed by atoms with E-state index >= 15 is 0 Å². The van der Waals surface area contributed by atoms with Crippen LogP contribution in [0.2, 0.25) is 0 Å². The smallest absolute Gasteiger partial charge is 0.321 e. The molecule has 1 aliphatic heterocycles. The third-order valence-electron chi connectivity index (χ3n) is 3.11. The normalized spacial score (nSPS) is 29.3. The first kappa shape index (κ1) is 12.8. The van der Waals surface area contributed by atoms with Gasteiger partial charge in [-0.1, -0.05) is 13.3 Å². The molecular weight excluding hydrogens is 212 g/mol. The molecule has 5 heteroatoms. The number of nitrogens with zero attached hydrogens (tertiary/aromatic N) is 1. The fourth-order valence-electron chi connectivity index (χ4n) is 2.28. The Morgan fingerprint density at radius 3 is 2.87 bits per heavy atom. The zero-order chi connectivity index (χ0) is 11.4. The number of carbonyl (C=O) groups is 1. The molecule has 0 aromatic rings. The van der Waals surface area contributed by atoms with E-state index < -0.39 is 5.97 Å². The van der Waals surface area contributed by atoms with Gasteiger partial charge in [0.05, 0.1) is 0 Å². The van der Waals surface area contributed by atoms with Gasteiger partial charge in [0, 0.05) is 18.3 Å². The predicted octanol–water partition coefficient (Wildman–Crippen LogP) is 0.429. The van der Waals surface area contributed by atoms with Gasteiger partial charge in [-0.15, -0.1) is 0 Å². The summed E-state index contributed by atoms with van der Waals surface area (Å²) < 4.78 is 0. The van der Waals surface area contributed by atoms with Crippen molar-refractivity contribution in [2.24, 2.45) is 11.7 Å². The van der Waals surface area contributed by atoms with E-state index in [1.54, 1.807) is 0 Å². The van der Waals surface area contributed by atoms with Gasteiger partial charge in [-0.2, -0.15) is 12.6 Å². The van der Waals surface area contributed by atoms with Gasteiger partial charge in [-0.3, -0.25) is 9.69 Å². The Bertz CT molecular complexity index is 225. The van der Waals surface area contributed by atoms with E-state index in [-0.39, 0.29) is 18.0 Å². The van der Waals surface area contributed by atoms with Crippen molar-refractivity contribution in [3.8, 4) is 0 Å². The van der Waals surface area contributed by atoms with Gasteiger partial charge in [0.25, 0.3) is 0 Å². The first-order valence-electron chi connectivity index (χ1n) is 5.43. The Morgan fingerprint density at radius 2 is 2.40 bits per heavy atom. The molecule has 88 valence electrons. The Labute approximate surface area is 96.2 Å². The quantitative estimate of drug-likeness (QED) is 0.601. The molecule has 0 saturated carbocycles. The zero-order valence-corrected chi connectivity index (χ0v) is 9.99. The SMILES string of the molecule is CC[C@@H]1CCN(C[C@@H](N)CS)[C@@H]1C(=O)O. The van der Waals surface area contributed by atoms with E-state index in [9.17, 15) is 4.79 Å². The highest BCUT2D eigenvalue weighted by Crippen LogP contribution is 2.27. The second-order valence-electron chi connectivity index (χ2n) is 4.18. The molecule has 1 saturated heterocycles. The van der Waals surface area contributed by atoms with E-state index in [1.807, 2.05) is 11.8 Å². The Hall–Kier alpha value is -0.260. The molecule has 1 aliphatic rings. The first-order chi connectivity index (χ1) is 7.10. The number of carboxylic acids is 1. The van der Waals surface area contributed by atoms with Crippen LogP contribution in [0.4, 0.5) is 0 Å². The molecule has 1 rings (SSSR count). The molecule has 0 amide bonds. The Kier molecular flexibility index (Phi) is 4.89. The summed E-state index contributed by atoms with van der Waals surface area (Å²) in [5.74, 6) is 0.153. The van der Waals surface area contributed by atoms with Crippen molar-refractivity contribution in [1.82, 2.24) is 4.90 Å². The molecule has 4 nitrogen and oxygen atoms in total. The van der Waals surface area contributed by atoms with Crippen LogP contribution in [-0.2, 0) is 4.79 Å². The summed E-state index contributed by atoms with van der Waals surface area (Å²) >= 11 is 4.12. The third kappa shape index (κ3) is 3.09. The maximum atomic E-state index is 11.1. The molecule has 1 fully saturated rings. The zero-order valence-electron chi connectivity index (χ0n) is 9.09. The molecule has 0 aromatic carbocycles. The van der Waals surface area contributed by atoms with Crippen molar-refractivity contribution in [2.45, 2.75) is 31.8 Å². The highest BCUT2D eigenvalue weighted by Gasteiger charge is 2.38. The Morgan fingerprint density at radius 1 is 1.73 bits per heavy atom. The number of carboxylic acid groups (broad SMARTS) is 1. The molecule has 0 aromatic heterocycles. The second-order valence-corrected chi connectivity index (χ2v) is 4.54. The van der Waals surface area contributed by atoms with E-state index in [4.69, 9.17) is 10.8 Å². The lowest BCUT2D eigenvalue weighted by molar-refractivity contribution is -0.143. The predicted molar refractivity (Wildman–Crippen MR) is 63.2 cm³/mol. The molecular formula is C10H20N2O2S. The van der Waals surface area contributed by atoms with Crippen LogP contribution in [0.3, 0.4) is 0 Å². The van der Waals surface area contributed by atoms with E-state index in [2.05, 4.69) is 12.6 Å². The molecule has 15 heavy (non-hydrogen) atoms. The molecule has 1 heterocycles. The minimum Gasteiger partial charge on any atom is -0.480 e. The highest BCUT2D eigenvalue weighted by atomic mass is 32.1. The Balaban J connectivity index is 2.60. The van der Waals surface area contributed by atoms with E-state index in [0.29, 0.717) is 12.3 Å². The summed E-state index contributed by atoms with van der Waals surface area (Å²) in [6, 6.07) is -0.383. The third-order valence-corrected chi connectivity index (χ3v) is 3.58. The van der Waals surface area contributed by atoms with E-state index in [0.717, 1.165) is 19.4 Å². The number of likely N-dealkylation sites (tertiary alicyclic amines) is 1. The summed E-state index contributed by atoms with van der Waals surface area (Å²) in [5.41, 5.74) is 5.79. The summed E-state index contributed by atoms with van der Waals surface area (Å²) in [5, 5.41) is 9.17. The maximum absolute atomic E-state index is 11.1. The van der Waals surface area contributed by atoms with Crippen molar-refractivity contribution >= 4 is 18.6 Å². The van der Waals surface area contributed by atoms with Crippen LogP contribution in [-0.4, -0.2) is 46.9 Å². The molecule has 0 spiro atoms. The fourth-order valence-corrected chi connectivity index (χ4v) is 2.39.